The molecule has 1 fully saturated rings. The van der Waals surface area contributed by atoms with E-state index in [-0.39, 0.29) is 23.8 Å². The Morgan fingerprint density at radius 1 is 1.18 bits per heavy atom. The lowest BCUT2D eigenvalue weighted by atomic mass is 10.1. The number of carbonyl (C=O) groups excluding carboxylic acids is 2. The fraction of sp³-hybridized carbons (Fsp3) is 0.467. The van der Waals surface area contributed by atoms with E-state index in [0.717, 1.165) is 0 Å². The molecule has 1 aromatic carbocycles. The summed E-state index contributed by atoms with van der Waals surface area (Å²) in [6.45, 7) is 6.23. The van der Waals surface area contributed by atoms with Crippen molar-refractivity contribution in [2.75, 3.05) is 11.9 Å². The van der Waals surface area contributed by atoms with Gasteiger partial charge < -0.3 is 10.2 Å². The average Bonchev–Trinajstić information content (AvgIpc) is 2.78. The highest BCUT2D eigenvalue weighted by atomic mass is 35.5. The normalized spacial score (nSPS) is 18.7. The van der Waals surface area contributed by atoms with Gasteiger partial charge in [0.15, 0.2) is 0 Å². The van der Waals surface area contributed by atoms with Crippen LogP contribution in [0.3, 0.4) is 0 Å². The Hall–Kier alpha value is -0.970. The van der Waals surface area contributed by atoms with Crippen LogP contribution in [-0.4, -0.2) is 28.8 Å². The molecule has 1 heterocycles. The molecule has 4 nitrogen and oxygen atoms in total. The SMILES string of the molecule is CC(C)(C)N1CC(C(=O)Nc2cc(Cl)c(Cl)cc2Cl)CC1=O. The average molecular weight is 364 g/mol. The number of anilines is 1. The molecule has 1 aliphatic heterocycles. The molecule has 2 amide bonds. The topological polar surface area (TPSA) is 49.4 Å². The highest BCUT2D eigenvalue weighted by Gasteiger charge is 2.39. The molecule has 0 saturated carbocycles. The van der Waals surface area contributed by atoms with Gasteiger partial charge in [0.1, 0.15) is 0 Å². The third-order valence-corrected chi connectivity index (χ3v) is 4.61. The van der Waals surface area contributed by atoms with E-state index in [4.69, 9.17) is 34.8 Å². The Kier molecular flexibility index (Phi) is 4.95. The molecule has 1 aliphatic rings. The maximum Gasteiger partial charge on any atom is 0.229 e. The number of rotatable bonds is 2. The molecule has 0 bridgehead atoms. The van der Waals surface area contributed by atoms with Crippen LogP contribution >= 0.6 is 34.8 Å². The van der Waals surface area contributed by atoms with Crippen molar-refractivity contribution >= 4 is 52.3 Å². The van der Waals surface area contributed by atoms with Crippen molar-refractivity contribution < 1.29 is 9.59 Å². The highest BCUT2D eigenvalue weighted by molar-refractivity contribution is 6.44. The molecule has 7 heteroatoms. The Labute approximate surface area is 144 Å². The molecule has 0 spiro atoms. The molecule has 1 N–H and O–H groups in total. The zero-order valence-electron chi connectivity index (χ0n) is 12.5. The van der Waals surface area contributed by atoms with Crippen LogP contribution in [0, 0.1) is 5.92 Å². The van der Waals surface area contributed by atoms with E-state index < -0.39 is 5.92 Å². The molecule has 120 valence electrons. The number of amides is 2. The quantitative estimate of drug-likeness (QED) is 0.799. The number of nitrogens with zero attached hydrogens (tertiary/aromatic N) is 1. The van der Waals surface area contributed by atoms with Crippen LogP contribution in [0.1, 0.15) is 27.2 Å². The molecular formula is C15H17Cl3N2O2. The minimum Gasteiger partial charge on any atom is -0.337 e. The van der Waals surface area contributed by atoms with Crippen molar-refractivity contribution in [3.8, 4) is 0 Å². The Morgan fingerprint density at radius 3 is 2.32 bits per heavy atom. The number of nitrogens with one attached hydrogen (secondary N) is 1. The van der Waals surface area contributed by atoms with Crippen LogP contribution in [-0.2, 0) is 9.59 Å². The highest BCUT2D eigenvalue weighted by Crippen LogP contribution is 2.33. The van der Waals surface area contributed by atoms with Gasteiger partial charge in [-0.25, -0.2) is 0 Å². The fourth-order valence-corrected chi connectivity index (χ4v) is 2.98. The summed E-state index contributed by atoms with van der Waals surface area (Å²) in [5.74, 6) is -0.675. The maximum atomic E-state index is 12.4. The zero-order valence-corrected chi connectivity index (χ0v) is 14.8. The van der Waals surface area contributed by atoms with E-state index in [1.165, 1.54) is 12.1 Å². The van der Waals surface area contributed by atoms with Gasteiger partial charge in [-0.15, -0.1) is 0 Å². The summed E-state index contributed by atoms with van der Waals surface area (Å²) < 4.78 is 0. The third-order valence-electron chi connectivity index (χ3n) is 3.57. The zero-order chi connectivity index (χ0) is 16.7. The number of benzene rings is 1. The molecule has 1 saturated heterocycles. The summed E-state index contributed by atoms with van der Waals surface area (Å²) in [6.07, 6.45) is 0.196. The van der Waals surface area contributed by atoms with Gasteiger partial charge in [-0.3, -0.25) is 9.59 Å². The van der Waals surface area contributed by atoms with Crippen molar-refractivity contribution in [1.29, 1.82) is 0 Å². The Morgan fingerprint density at radius 2 is 1.77 bits per heavy atom. The van der Waals surface area contributed by atoms with E-state index in [1.54, 1.807) is 4.90 Å². The smallest absolute Gasteiger partial charge is 0.229 e. The molecule has 0 aromatic heterocycles. The molecule has 1 aromatic rings. The molecule has 2 rings (SSSR count). The van der Waals surface area contributed by atoms with Gasteiger partial charge in [0.05, 0.1) is 26.7 Å². The van der Waals surface area contributed by atoms with Crippen molar-refractivity contribution in [1.82, 2.24) is 4.90 Å². The first-order chi connectivity index (χ1) is 10.1. The second kappa shape index (κ2) is 6.26. The van der Waals surface area contributed by atoms with Crippen LogP contribution < -0.4 is 5.32 Å². The largest absolute Gasteiger partial charge is 0.337 e. The number of hydrogen-bond donors (Lipinski definition) is 1. The van der Waals surface area contributed by atoms with Gasteiger partial charge in [-0.1, -0.05) is 34.8 Å². The summed E-state index contributed by atoms with van der Waals surface area (Å²) in [5.41, 5.74) is 0.0931. The second-order valence-electron chi connectivity index (χ2n) is 6.31. The van der Waals surface area contributed by atoms with Crippen LogP contribution in [0.25, 0.3) is 0 Å². The van der Waals surface area contributed by atoms with E-state index in [9.17, 15) is 9.59 Å². The van der Waals surface area contributed by atoms with Gasteiger partial charge >= 0.3 is 0 Å². The van der Waals surface area contributed by atoms with E-state index in [2.05, 4.69) is 5.32 Å². The standard InChI is InChI=1S/C15H17Cl3N2O2/c1-15(2,3)20-7-8(4-13(20)21)14(22)19-12-6-10(17)9(16)5-11(12)18/h5-6,8H,4,7H2,1-3H3,(H,19,22). The number of likely N-dealkylation sites (tertiary alicyclic amines) is 1. The van der Waals surface area contributed by atoms with Crippen LogP contribution in [0.15, 0.2) is 12.1 Å². The van der Waals surface area contributed by atoms with Gasteiger partial charge in [-0.2, -0.15) is 0 Å². The lowest BCUT2D eigenvalue weighted by Gasteiger charge is -2.31. The molecule has 22 heavy (non-hydrogen) atoms. The van der Waals surface area contributed by atoms with Crippen molar-refractivity contribution in [2.24, 2.45) is 5.92 Å². The summed E-state index contributed by atoms with van der Waals surface area (Å²) in [7, 11) is 0. The summed E-state index contributed by atoms with van der Waals surface area (Å²) in [6, 6.07) is 2.98. The minimum absolute atomic E-state index is 0.0205. The van der Waals surface area contributed by atoms with Gasteiger partial charge in [0.25, 0.3) is 0 Å². The van der Waals surface area contributed by atoms with Gasteiger partial charge in [-0.05, 0) is 32.9 Å². The van der Waals surface area contributed by atoms with Crippen LogP contribution in [0.2, 0.25) is 15.1 Å². The minimum atomic E-state index is -0.405. The summed E-state index contributed by atoms with van der Waals surface area (Å²) in [4.78, 5) is 26.1. The Bertz CT molecular complexity index is 626. The number of hydrogen-bond acceptors (Lipinski definition) is 2. The molecule has 0 radical (unpaired) electrons. The summed E-state index contributed by atoms with van der Waals surface area (Å²) >= 11 is 17.8. The lowest BCUT2D eigenvalue weighted by Crippen LogP contribution is -2.42. The fourth-order valence-electron chi connectivity index (χ4n) is 2.38. The van der Waals surface area contributed by atoms with Crippen LogP contribution in [0.5, 0.6) is 0 Å². The Balaban J connectivity index is 2.11. The number of halogens is 3. The predicted octanol–water partition coefficient (Wildman–Crippen LogP) is 4.23. The van der Waals surface area contributed by atoms with Crippen LogP contribution in [0.4, 0.5) is 5.69 Å². The first-order valence-corrected chi connectivity index (χ1v) is 7.99. The molecular weight excluding hydrogens is 347 g/mol. The van der Waals surface area contributed by atoms with Crippen molar-refractivity contribution in [3.05, 3.63) is 27.2 Å². The first-order valence-electron chi connectivity index (χ1n) is 6.85. The van der Waals surface area contributed by atoms with E-state index in [1.807, 2.05) is 20.8 Å². The van der Waals surface area contributed by atoms with Crippen molar-refractivity contribution in [2.45, 2.75) is 32.7 Å². The predicted molar refractivity (Wildman–Crippen MR) is 89.7 cm³/mol. The van der Waals surface area contributed by atoms with Gasteiger partial charge in [0.2, 0.25) is 11.8 Å². The lowest BCUT2D eigenvalue weighted by molar-refractivity contribution is -0.131. The van der Waals surface area contributed by atoms with E-state index >= 15 is 0 Å². The van der Waals surface area contributed by atoms with Crippen molar-refractivity contribution in [3.63, 3.8) is 0 Å². The second-order valence-corrected chi connectivity index (χ2v) is 7.53. The first kappa shape index (κ1) is 17.4. The molecule has 1 atom stereocenters. The maximum absolute atomic E-state index is 12.4. The van der Waals surface area contributed by atoms with E-state index in [0.29, 0.717) is 27.3 Å². The molecule has 0 aliphatic carbocycles. The third kappa shape index (κ3) is 3.67. The van der Waals surface area contributed by atoms with Gasteiger partial charge in [0, 0.05) is 18.5 Å². The monoisotopic (exact) mass is 362 g/mol. The molecule has 1 unspecified atom stereocenters. The number of carbonyl (C=O) groups is 2. The summed E-state index contributed by atoms with van der Waals surface area (Å²) in [5, 5.41) is 3.65.